The number of nitrogens with zero attached hydrogens (tertiary/aromatic N) is 1. The fraction of sp³-hybridized carbons (Fsp3) is 0.200. The van der Waals surface area contributed by atoms with E-state index >= 15 is 0 Å². The second-order valence-corrected chi connectivity index (χ2v) is 12.2. The van der Waals surface area contributed by atoms with Gasteiger partial charge in [-0.3, -0.25) is 0 Å². The second kappa shape index (κ2) is 8.74. The van der Waals surface area contributed by atoms with Gasteiger partial charge in [-0.1, -0.05) is 115 Å². The fourth-order valence-corrected chi connectivity index (χ4v) is 7.61. The van der Waals surface area contributed by atoms with Crippen molar-refractivity contribution in [3.05, 3.63) is 141 Å². The molecule has 4 aromatic carbocycles. The molecule has 2 aromatic heterocycles. The second-order valence-electron chi connectivity index (χ2n) is 11.4. The van der Waals surface area contributed by atoms with Gasteiger partial charge >= 0.3 is 0 Å². The maximum Gasteiger partial charge on any atom is 0.0489 e. The summed E-state index contributed by atoms with van der Waals surface area (Å²) in [6, 6.07) is 35.2. The molecule has 38 heavy (non-hydrogen) atoms. The van der Waals surface area contributed by atoms with Crippen molar-refractivity contribution in [2.24, 2.45) is 5.41 Å². The molecular weight excluding hydrogens is 528 g/mol. The molecule has 1 aliphatic carbocycles. The van der Waals surface area contributed by atoms with Crippen LogP contribution in [0.5, 0.6) is 0 Å². The number of nitrogens with one attached hydrogen (secondary N) is 1. The topological polar surface area (TPSA) is 20.7 Å². The van der Waals surface area contributed by atoms with Crippen molar-refractivity contribution in [1.29, 1.82) is 0 Å². The molecule has 0 saturated heterocycles. The number of fused-ring (bicyclic) bond motifs is 4. The summed E-state index contributed by atoms with van der Waals surface area (Å²) in [6.45, 7) is 8.00. The minimum absolute atomic E-state index is 0.0509. The molecule has 188 valence electrons. The van der Waals surface area contributed by atoms with Crippen LogP contribution < -0.4 is 0 Å². The lowest BCUT2D eigenvalue weighted by atomic mass is 9.68. The van der Waals surface area contributed by atoms with Crippen LogP contribution in [0.3, 0.4) is 0 Å². The van der Waals surface area contributed by atoms with E-state index in [-0.39, 0.29) is 17.3 Å². The zero-order valence-corrected chi connectivity index (χ0v) is 23.6. The molecule has 0 bridgehead atoms. The van der Waals surface area contributed by atoms with Crippen LogP contribution >= 0.6 is 15.9 Å². The summed E-state index contributed by atoms with van der Waals surface area (Å²) in [5.74, 6) is 0.480. The summed E-state index contributed by atoms with van der Waals surface area (Å²) in [5, 5.41) is 2.69. The van der Waals surface area contributed by atoms with E-state index in [4.69, 9.17) is 0 Å². The minimum atomic E-state index is -0.0509. The Hall–Kier alpha value is -3.56. The van der Waals surface area contributed by atoms with E-state index in [2.05, 4.69) is 150 Å². The Balaban J connectivity index is 1.50. The van der Waals surface area contributed by atoms with Crippen LogP contribution in [0.1, 0.15) is 59.2 Å². The third-order valence-corrected chi connectivity index (χ3v) is 9.44. The third-order valence-electron chi connectivity index (χ3n) is 8.72. The van der Waals surface area contributed by atoms with Gasteiger partial charge in [0.15, 0.2) is 0 Å². The summed E-state index contributed by atoms with van der Waals surface area (Å²) in [4.78, 5) is 3.97. The summed E-state index contributed by atoms with van der Waals surface area (Å²) in [7, 11) is 0. The molecule has 2 heterocycles. The summed E-state index contributed by atoms with van der Waals surface area (Å²) in [5.41, 5.74) is 10.7. The van der Waals surface area contributed by atoms with Crippen LogP contribution in [-0.2, 0) is 6.54 Å². The van der Waals surface area contributed by atoms with Crippen molar-refractivity contribution >= 4 is 37.7 Å². The van der Waals surface area contributed by atoms with Crippen molar-refractivity contribution in [1.82, 2.24) is 9.55 Å². The zero-order chi connectivity index (χ0) is 26.0. The Bertz CT molecular complexity index is 1800. The number of halogens is 1. The van der Waals surface area contributed by atoms with E-state index < -0.39 is 0 Å². The lowest BCUT2D eigenvalue weighted by molar-refractivity contribution is 0.306. The molecule has 2 atom stereocenters. The maximum absolute atomic E-state index is 3.97. The van der Waals surface area contributed by atoms with Crippen LogP contribution in [0.15, 0.2) is 108 Å². The predicted octanol–water partition coefficient (Wildman–Crippen LogP) is 9.55. The number of aryl methyl sites for hydroxylation is 1. The smallest absolute Gasteiger partial charge is 0.0489 e. The molecular formula is C35H31BrN2. The van der Waals surface area contributed by atoms with Crippen LogP contribution in [-0.4, -0.2) is 9.55 Å². The monoisotopic (exact) mass is 558 g/mol. The van der Waals surface area contributed by atoms with E-state index in [0.29, 0.717) is 0 Å². The van der Waals surface area contributed by atoms with Gasteiger partial charge in [0.2, 0.25) is 0 Å². The van der Waals surface area contributed by atoms with Gasteiger partial charge in [0.25, 0.3) is 0 Å². The number of H-pyrrole nitrogens is 1. The zero-order valence-electron chi connectivity index (χ0n) is 22.0. The normalized spacial score (nSPS) is 18.3. The van der Waals surface area contributed by atoms with Gasteiger partial charge in [-0.05, 0) is 52.3 Å². The Morgan fingerprint density at radius 2 is 1.47 bits per heavy atom. The average Bonchev–Trinajstić information content (AvgIpc) is 3.52. The number of aromatic nitrogens is 2. The van der Waals surface area contributed by atoms with Crippen LogP contribution in [0.4, 0.5) is 0 Å². The van der Waals surface area contributed by atoms with Crippen molar-refractivity contribution in [2.75, 3.05) is 0 Å². The largest absolute Gasteiger partial charge is 0.357 e. The predicted molar refractivity (Wildman–Crippen MR) is 162 cm³/mol. The molecule has 0 saturated carbocycles. The molecule has 2 nitrogen and oxygen atoms in total. The molecule has 1 N–H and O–H groups in total. The van der Waals surface area contributed by atoms with Crippen LogP contribution in [0, 0.1) is 12.3 Å². The minimum Gasteiger partial charge on any atom is -0.357 e. The highest BCUT2D eigenvalue weighted by molar-refractivity contribution is 9.10. The summed E-state index contributed by atoms with van der Waals surface area (Å²) >= 11 is 3.92. The van der Waals surface area contributed by atoms with Gasteiger partial charge in [-0.25, -0.2) is 0 Å². The van der Waals surface area contributed by atoms with Gasteiger partial charge in [0.1, 0.15) is 0 Å². The Labute approximate surface area is 232 Å². The first-order valence-electron chi connectivity index (χ1n) is 13.4. The number of rotatable bonds is 4. The van der Waals surface area contributed by atoms with Crippen LogP contribution in [0.2, 0.25) is 0 Å². The summed E-state index contributed by atoms with van der Waals surface area (Å²) in [6.07, 6.45) is 2.43. The Morgan fingerprint density at radius 3 is 2.29 bits per heavy atom. The molecule has 7 rings (SSSR count). The van der Waals surface area contributed by atoms with Crippen molar-refractivity contribution in [2.45, 2.75) is 39.2 Å². The number of aromatic amines is 1. The van der Waals surface area contributed by atoms with Crippen molar-refractivity contribution < 1.29 is 0 Å². The molecule has 3 heteroatoms. The number of hydrogen-bond donors (Lipinski definition) is 1. The maximum atomic E-state index is 3.97. The molecule has 0 radical (unpaired) electrons. The molecule has 1 aliphatic rings. The SMILES string of the molecule is Cc1cccc2c3c([nH]c12)[C@@H](c1cn(Cc2ccccc2)c2ccccc12)C(C)(C)[C@@H]3c1ccccc1Br. The fourth-order valence-electron chi connectivity index (χ4n) is 7.09. The highest BCUT2D eigenvalue weighted by atomic mass is 79.9. The van der Waals surface area contributed by atoms with Gasteiger partial charge < -0.3 is 9.55 Å². The van der Waals surface area contributed by atoms with Gasteiger partial charge in [0.05, 0.1) is 0 Å². The molecule has 0 unspecified atom stereocenters. The lowest BCUT2D eigenvalue weighted by Gasteiger charge is -2.35. The average molecular weight is 560 g/mol. The van der Waals surface area contributed by atoms with E-state index in [0.717, 1.165) is 6.54 Å². The summed E-state index contributed by atoms with van der Waals surface area (Å²) < 4.78 is 3.62. The molecule has 0 amide bonds. The lowest BCUT2D eigenvalue weighted by Crippen LogP contribution is -2.25. The standard InChI is InChI=1S/C35H31BrN2/c1-22-12-11-17-26-30-31(25-16-7-9-18-28(25)36)35(2,3)32(34(30)37-33(22)26)27-21-38(20-23-13-5-4-6-14-23)29-19-10-8-15-24(27)29/h4-19,21,31-32,37H,20H2,1-3H3/t31-,32-/m1/s1. The Morgan fingerprint density at radius 1 is 0.763 bits per heavy atom. The first-order chi connectivity index (χ1) is 18.4. The molecule has 0 spiro atoms. The van der Waals surface area contributed by atoms with Crippen molar-refractivity contribution in [3.63, 3.8) is 0 Å². The van der Waals surface area contributed by atoms with Crippen molar-refractivity contribution in [3.8, 4) is 0 Å². The van der Waals surface area contributed by atoms with E-state index in [1.807, 2.05) is 0 Å². The first kappa shape index (κ1) is 23.5. The molecule has 0 fully saturated rings. The van der Waals surface area contributed by atoms with Gasteiger partial charge in [-0.2, -0.15) is 0 Å². The van der Waals surface area contributed by atoms with Gasteiger partial charge in [-0.15, -0.1) is 0 Å². The Kier molecular flexibility index (Phi) is 5.42. The molecule has 0 aliphatic heterocycles. The van der Waals surface area contributed by atoms with E-state index in [1.165, 1.54) is 59.8 Å². The van der Waals surface area contributed by atoms with E-state index in [1.54, 1.807) is 0 Å². The number of para-hydroxylation sites is 2. The van der Waals surface area contributed by atoms with Gasteiger partial charge in [0, 0.05) is 56.5 Å². The van der Waals surface area contributed by atoms with E-state index in [9.17, 15) is 0 Å². The highest BCUT2D eigenvalue weighted by Crippen LogP contribution is 2.63. The number of benzene rings is 4. The first-order valence-corrected chi connectivity index (χ1v) is 14.2. The highest BCUT2D eigenvalue weighted by Gasteiger charge is 2.51. The van der Waals surface area contributed by atoms with Crippen LogP contribution in [0.25, 0.3) is 21.8 Å². The number of hydrogen-bond acceptors (Lipinski definition) is 0. The molecule has 6 aromatic rings. The quantitative estimate of drug-likeness (QED) is 0.222. The third kappa shape index (κ3) is 3.45.